The number of fused-ring (bicyclic) bond motifs is 1. The molecule has 3 aromatic rings. The summed E-state index contributed by atoms with van der Waals surface area (Å²) in [5.74, 6) is 0.581. The van der Waals surface area contributed by atoms with Gasteiger partial charge in [-0.3, -0.25) is 4.79 Å². The van der Waals surface area contributed by atoms with E-state index in [0.29, 0.717) is 40.7 Å². The van der Waals surface area contributed by atoms with E-state index in [2.05, 4.69) is 15.5 Å². The summed E-state index contributed by atoms with van der Waals surface area (Å²) in [4.78, 5) is 16.8. The lowest BCUT2D eigenvalue weighted by molar-refractivity contribution is -0.137. The molecule has 1 atom stereocenters. The number of alkyl halides is 3. The number of anilines is 1. The van der Waals surface area contributed by atoms with Gasteiger partial charge in [-0.15, -0.1) is 0 Å². The smallest absolute Gasteiger partial charge is 0.360 e. The lowest BCUT2D eigenvalue weighted by Gasteiger charge is -2.12. The molecule has 0 aliphatic heterocycles. The Hall–Kier alpha value is -2.49. The highest BCUT2D eigenvalue weighted by Gasteiger charge is 2.31. The molecular formula is C18H19F3N4O2S. The minimum absolute atomic E-state index is 0.301. The van der Waals surface area contributed by atoms with E-state index >= 15 is 0 Å². The van der Waals surface area contributed by atoms with Gasteiger partial charge in [0.25, 0.3) is 0 Å². The molecule has 28 heavy (non-hydrogen) atoms. The van der Waals surface area contributed by atoms with Gasteiger partial charge in [-0.25, -0.2) is 4.98 Å². The van der Waals surface area contributed by atoms with E-state index < -0.39 is 17.0 Å². The van der Waals surface area contributed by atoms with Crippen molar-refractivity contribution in [1.82, 2.24) is 14.7 Å². The van der Waals surface area contributed by atoms with Gasteiger partial charge in [-0.05, 0) is 38.5 Å². The summed E-state index contributed by atoms with van der Waals surface area (Å²) in [5.41, 5.74) is 0.142. The largest absolute Gasteiger partial charge is 0.416 e. The molecule has 0 bridgehead atoms. The molecule has 0 radical (unpaired) electrons. The second kappa shape index (κ2) is 7.86. The van der Waals surface area contributed by atoms with E-state index in [9.17, 15) is 18.0 Å². The lowest BCUT2D eigenvalue weighted by atomic mass is 10.2. The van der Waals surface area contributed by atoms with Crippen molar-refractivity contribution in [3.05, 3.63) is 35.6 Å². The fraction of sp³-hybridized carbons (Fsp3) is 0.389. The summed E-state index contributed by atoms with van der Waals surface area (Å²) in [5, 5.41) is 6.32. The number of hydrogen-bond acceptors (Lipinski definition) is 5. The van der Waals surface area contributed by atoms with Crippen LogP contribution in [0.25, 0.3) is 11.0 Å². The monoisotopic (exact) mass is 412 g/mol. The van der Waals surface area contributed by atoms with Crippen LogP contribution in [-0.2, 0) is 17.5 Å². The molecule has 1 amide bonds. The fourth-order valence-electron chi connectivity index (χ4n) is 2.67. The zero-order valence-electron chi connectivity index (χ0n) is 15.5. The Bertz CT molecular complexity index is 997. The van der Waals surface area contributed by atoms with E-state index in [-0.39, 0.29) is 5.91 Å². The third-order valence-electron chi connectivity index (χ3n) is 4.02. The molecule has 2 aromatic heterocycles. The molecule has 1 N–H and O–H groups in total. The van der Waals surface area contributed by atoms with Crippen LogP contribution in [0.2, 0.25) is 0 Å². The standard InChI is InChI=1S/C18H19F3N4O2S/c1-4-7-25-14-9-12(18(19,20)21)5-6-13(14)22-17(25)28-11(3)16(26)23-15-8-10(2)27-24-15/h5-6,8-9,11H,4,7H2,1-3H3,(H,23,24,26). The molecule has 0 saturated carbocycles. The first-order chi connectivity index (χ1) is 13.2. The van der Waals surface area contributed by atoms with Gasteiger partial charge in [-0.2, -0.15) is 13.2 Å². The molecule has 3 rings (SSSR count). The highest BCUT2D eigenvalue weighted by molar-refractivity contribution is 8.00. The van der Waals surface area contributed by atoms with Crippen molar-refractivity contribution >= 4 is 34.5 Å². The van der Waals surface area contributed by atoms with Crippen LogP contribution in [0.5, 0.6) is 0 Å². The number of hydrogen-bond donors (Lipinski definition) is 1. The molecule has 10 heteroatoms. The number of thioether (sulfide) groups is 1. The van der Waals surface area contributed by atoms with Crippen LogP contribution >= 0.6 is 11.8 Å². The van der Waals surface area contributed by atoms with Crippen molar-refractivity contribution in [1.29, 1.82) is 0 Å². The van der Waals surface area contributed by atoms with Gasteiger partial charge >= 0.3 is 6.18 Å². The highest BCUT2D eigenvalue weighted by atomic mass is 32.2. The molecule has 1 unspecified atom stereocenters. The van der Waals surface area contributed by atoms with Crippen molar-refractivity contribution in [2.75, 3.05) is 5.32 Å². The topological polar surface area (TPSA) is 73.0 Å². The zero-order valence-corrected chi connectivity index (χ0v) is 16.3. The van der Waals surface area contributed by atoms with Crippen LogP contribution < -0.4 is 5.32 Å². The number of aromatic nitrogens is 3. The van der Waals surface area contributed by atoms with E-state index in [1.165, 1.54) is 17.8 Å². The first-order valence-corrected chi connectivity index (χ1v) is 9.55. The molecule has 150 valence electrons. The maximum Gasteiger partial charge on any atom is 0.416 e. The molecular weight excluding hydrogens is 393 g/mol. The van der Waals surface area contributed by atoms with Crippen molar-refractivity contribution in [3.8, 4) is 0 Å². The number of rotatable bonds is 6. The van der Waals surface area contributed by atoms with Crippen LogP contribution in [0.15, 0.2) is 33.9 Å². The van der Waals surface area contributed by atoms with E-state index in [4.69, 9.17) is 4.52 Å². The Morgan fingerprint density at radius 1 is 1.36 bits per heavy atom. The molecule has 6 nitrogen and oxygen atoms in total. The third-order valence-corrected chi connectivity index (χ3v) is 5.11. The van der Waals surface area contributed by atoms with Crippen molar-refractivity contribution in [2.24, 2.45) is 0 Å². The molecule has 0 aliphatic rings. The number of amides is 1. The van der Waals surface area contributed by atoms with Crippen LogP contribution in [0.4, 0.5) is 19.0 Å². The van der Waals surface area contributed by atoms with Crippen molar-refractivity contribution in [2.45, 2.75) is 50.3 Å². The first-order valence-electron chi connectivity index (χ1n) is 8.67. The number of carbonyl (C=O) groups is 1. The summed E-state index contributed by atoms with van der Waals surface area (Å²) in [6, 6.07) is 5.08. The normalized spacial score (nSPS) is 13.1. The minimum atomic E-state index is -4.42. The van der Waals surface area contributed by atoms with Crippen molar-refractivity contribution in [3.63, 3.8) is 0 Å². The van der Waals surface area contributed by atoms with Gasteiger partial charge in [-0.1, -0.05) is 23.8 Å². The Balaban J connectivity index is 1.86. The van der Waals surface area contributed by atoms with Crippen molar-refractivity contribution < 1.29 is 22.5 Å². The van der Waals surface area contributed by atoms with Gasteiger partial charge in [0, 0.05) is 12.6 Å². The predicted molar refractivity (Wildman–Crippen MR) is 100 cm³/mol. The van der Waals surface area contributed by atoms with Gasteiger partial charge in [0.05, 0.1) is 21.8 Å². The maximum absolute atomic E-state index is 13.1. The number of carbonyl (C=O) groups excluding carboxylic acids is 1. The highest BCUT2D eigenvalue weighted by Crippen LogP contribution is 2.34. The summed E-state index contributed by atoms with van der Waals surface area (Å²) < 4.78 is 45.8. The molecule has 0 saturated heterocycles. The molecule has 0 spiro atoms. The maximum atomic E-state index is 13.1. The molecule has 0 fully saturated rings. The second-order valence-electron chi connectivity index (χ2n) is 6.32. The predicted octanol–water partition coefficient (Wildman–Crippen LogP) is 4.88. The number of halogens is 3. The Labute approximate surface area is 163 Å². The van der Waals surface area contributed by atoms with Crippen LogP contribution in [0.1, 0.15) is 31.6 Å². The quantitative estimate of drug-likeness (QED) is 0.584. The van der Waals surface area contributed by atoms with E-state index in [0.717, 1.165) is 12.1 Å². The summed E-state index contributed by atoms with van der Waals surface area (Å²) >= 11 is 1.18. The summed E-state index contributed by atoms with van der Waals surface area (Å²) in [7, 11) is 0. The summed E-state index contributed by atoms with van der Waals surface area (Å²) in [6.07, 6.45) is -3.71. The number of benzene rings is 1. The lowest BCUT2D eigenvalue weighted by Crippen LogP contribution is -2.23. The average Bonchev–Trinajstić information content (AvgIpc) is 3.17. The number of imidazole rings is 1. The van der Waals surface area contributed by atoms with Crippen LogP contribution in [0, 0.1) is 6.92 Å². The second-order valence-corrected chi connectivity index (χ2v) is 7.63. The average molecular weight is 412 g/mol. The molecule has 0 aliphatic carbocycles. The zero-order chi connectivity index (χ0) is 20.5. The third kappa shape index (κ3) is 4.32. The number of nitrogens with one attached hydrogen (secondary N) is 1. The first kappa shape index (κ1) is 20.2. The van der Waals surface area contributed by atoms with E-state index in [1.54, 1.807) is 24.5 Å². The number of nitrogens with zero attached hydrogens (tertiary/aromatic N) is 3. The van der Waals surface area contributed by atoms with Gasteiger partial charge in [0.15, 0.2) is 11.0 Å². The molecule has 1 aromatic carbocycles. The van der Waals surface area contributed by atoms with Gasteiger partial charge in [0.1, 0.15) is 5.76 Å². The number of aryl methyl sites for hydroxylation is 2. The molecule has 2 heterocycles. The Morgan fingerprint density at radius 2 is 2.11 bits per heavy atom. The summed E-state index contributed by atoms with van der Waals surface area (Å²) in [6.45, 7) is 5.83. The Kier molecular flexibility index (Phi) is 5.69. The fourth-order valence-corrected chi connectivity index (χ4v) is 3.62. The van der Waals surface area contributed by atoms with Crippen LogP contribution in [0.3, 0.4) is 0 Å². The Morgan fingerprint density at radius 3 is 2.71 bits per heavy atom. The van der Waals surface area contributed by atoms with Gasteiger partial charge in [0.2, 0.25) is 5.91 Å². The van der Waals surface area contributed by atoms with Crippen LogP contribution in [-0.4, -0.2) is 25.9 Å². The minimum Gasteiger partial charge on any atom is -0.360 e. The van der Waals surface area contributed by atoms with Gasteiger partial charge < -0.3 is 14.4 Å². The van der Waals surface area contributed by atoms with E-state index in [1.807, 2.05) is 6.92 Å². The SMILES string of the molecule is CCCn1c(SC(C)C(=O)Nc2cc(C)on2)nc2ccc(C(F)(F)F)cc21.